The summed E-state index contributed by atoms with van der Waals surface area (Å²) in [5.41, 5.74) is 5.43. The van der Waals surface area contributed by atoms with E-state index in [1.165, 1.54) is 10.7 Å². The molecule has 18 heavy (non-hydrogen) atoms. The molecule has 0 saturated heterocycles. The minimum atomic E-state index is -3.33. The van der Waals surface area contributed by atoms with E-state index >= 15 is 0 Å². The maximum Gasteiger partial charge on any atom is 0.281 e. The highest BCUT2D eigenvalue weighted by Crippen LogP contribution is 2.29. The first kappa shape index (κ1) is 15.9. The zero-order valence-corrected chi connectivity index (χ0v) is 12.6. The van der Waals surface area contributed by atoms with Gasteiger partial charge in [0.15, 0.2) is 0 Å². The van der Waals surface area contributed by atoms with Crippen LogP contribution in [0.2, 0.25) is 0 Å². The number of nitrogens with zero attached hydrogens (tertiary/aromatic N) is 2. The van der Waals surface area contributed by atoms with E-state index in [0.717, 1.165) is 19.3 Å². The van der Waals surface area contributed by atoms with E-state index in [0.29, 0.717) is 25.4 Å². The molecule has 0 heterocycles. The van der Waals surface area contributed by atoms with E-state index in [2.05, 4.69) is 6.92 Å². The van der Waals surface area contributed by atoms with Crippen LogP contribution in [-0.4, -0.2) is 50.3 Å². The minimum Gasteiger partial charge on any atom is -0.330 e. The van der Waals surface area contributed by atoms with Crippen molar-refractivity contribution in [3.05, 3.63) is 0 Å². The summed E-state index contributed by atoms with van der Waals surface area (Å²) < 4.78 is 27.8. The van der Waals surface area contributed by atoms with Crippen molar-refractivity contribution >= 4 is 10.2 Å². The molecule has 1 fully saturated rings. The predicted octanol–water partition coefficient (Wildman–Crippen LogP) is 1.02. The van der Waals surface area contributed by atoms with Gasteiger partial charge in [0.05, 0.1) is 0 Å². The van der Waals surface area contributed by atoms with Crippen molar-refractivity contribution in [1.82, 2.24) is 8.61 Å². The van der Waals surface area contributed by atoms with Crippen LogP contribution >= 0.6 is 0 Å². The fraction of sp³-hybridized carbons (Fsp3) is 1.00. The molecule has 1 saturated carbocycles. The Bertz CT molecular complexity index is 345. The third-order valence-electron chi connectivity index (χ3n) is 3.97. The van der Waals surface area contributed by atoms with Crippen LogP contribution in [0.1, 0.15) is 39.0 Å². The van der Waals surface area contributed by atoms with E-state index in [1.54, 1.807) is 18.4 Å². The molecule has 0 amide bonds. The van der Waals surface area contributed by atoms with Crippen LogP contribution in [0.15, 0.2) is 0 Å². The maximum absolute atomic E-state index is 12.4. The van der Waals surface area contributed by atoms with Crippen LogP contribution in [-0.2, 0) is 10.2 Å². The second-order valence-corrected chi connectivity index (χ2v) is 7.41. The van der Waals surface area contributed by atoms with Gasteiger partial charge >= 0.3 is 0 Å². The standard InChI is InChI=1S/C12H27N3O2S/c1-11-7-4-5-8-12(11)15(3)18(16,17)14(2)10-6-9-13/h11-12H,4-10,13H2,1-3H3. The summed E-state index contributed by atoms with van der Waals surface area (Å²) in [5, 5.41) is 0. The van der Waals surface area contributed by atoms with Crippen LogP contribution in [0.25, 0.3) is 0 Å². The molecular weight excluding hydrogens is 250 g/mol. The summed E-state index contributed by atoms with van der Waals surface area (Å²) >= 11 is 0. The lowest BCUT2D eigenvalue weighted by molar-refractivity contribution is 0.204. The highest BCUT2D eigenvalue weighted by atomic mass is 32.2. The maximum atomic E-state index is 12.4. The Balaban J connectivity index is 2.70. The Kier molecular flexibility index (Phi) is 6.04. The zero-order chi connectivity index (χ0) is 13.8. The van der Waals surface area contributed by atoms with Crippen molar-refractivity contribution in [2.75, 3.05) is 27.2 Å². The van der Waals surface area contributed by atoms with Gasteiger partial charge in [0.1, 0.15) is 0 Å². The topological polar surface area (TPSA) is 66.6 Å². The molecule has 5 nitrogen and oxygen atoms in total. The molecule has 0 radical (unpaired) electrons. The van der Waals surface area contributed by atoms with Crippen molar-refractivity contribution < 1.29 is 8.42 Å². The third-order valence-corrected chi connectivity index (χ3v) is 5.94. The molecule has 1 rings (SSSR count). The molecule has 2 atom stereocenters. The summed E-state index contributed by atoms with van der Waals surface area (Å²) in [6.45, 7) is 3.16. The Morgan fingerprint density at radius 3 is 2.39 bits per heavy atom. The fourth-order valence-electron chi connectivity index (χ4n) is 2.66. The molecule has 0 aromatic rings. The number of rotatable bonds is 6. The van der Waals surface area contributed by atoms with E-state index in [9.17, 15) is 8.42 Å². The molecule has 0 aromatic heterocycles. The van der Waals surface area contributed by atoms with Crippen LogP contribution in [0.3, 0.4) is 0 Å². The molecule has 1 aliphatic carbocycles. The summed E-state index contributed by atoms with van der Waals surface area (Å²) in [4.78, 5) is 0. The normalized spacial score (nSPS) is 25.9. The number of nitrogens with two attached hydrogens (primary N) is 1. The summed E-state index contributed by atoms with van der Waals surface area (Å²) in [5.74, 6) is 0.446. The van der Waals surface area contributed by atoms with Crippen molar-refractivity contribution in [1.29, 1.82) is 0 Å². The van der Waals surface area contributed by atoms with Gasteiger partial charge in [0.25, 0.3) is 10.2 Å². The van der Waals surface area contributed by atoms with Gasteiger partial charge in [-0.15, -0.1) is 0 Å². The average molecular weight is 277 g/mol. The van der Waals surface area contributed by atoms with Crippen molar-refractivity contribution in [3.63, 3.8) is 0 Å². The first-order valence-electron chi connectivity index (χ1n) is 6.80. The molecule has 1 aliphatic rings. The fourth-order valence-corrected chi connectivity index (χ4v) is 4.11. The number of hydrogen-bond acceptors (Lipinski definition) is 3. The van der Waals surface area contributed by atoms with Gasteiger partial charge < -0.3 is 5.73 Å². The highest BCUT2D eigenvalue weighted by molar-refractivity contribution is 7.86. The average Bonchev–Trinajstić information content (AvgIpc) is 2.35. The molecule has 2 unspecified atom stereocenters. The second kappa shape index (κ2) is 6.84. The summed E-state index contributed by atoms with van der Waals surface area (Å²) in [6, 6.07) is 0.143. The van der Waals surface area contributed by atoms with Crippen molar-refractivity contribution in [2.24, 2.45) is 11.7 Å². The molecule has 6 heteroatoms. The van der Waals surface area contributed by atoms with E-state index in [1.807, 2.05) is 0 Å². The predicted molar refractivity (Wildman–Crippen MR) is 74.4 cm³/mol. The number of hydrogen-bond donors (Lipinski definition) is 1. The zero-order valence-electron chi connectivity index (χ0n) is 11.8. The highest BCUT2D eigenvalue weighted by Gasteiger charge is 2.33. The SMILES string of the molecule is CC1CCCCC1N(C)S(=O)(=O)N(C)CCCN. The molecular formula is C12H27N3O2S. The largest absolute Gasteiger partial charge is 0.330 e. The van der Waals surface area contributed by atoms with Gasteiger partial charge in [0, 0.05) is 26.7 Å². The van der Waals surface area contributed by atoms with Crippen molar-refractivity contribution in [3.8, 4) is 0 Å². The smallest absolute Gasteiger partial charge is 0.281 e. The summed E-state index contributed by atoms with van der Waals surface area (Å²) in [7, 11) is 0.0103. The van der Waals surface area contributed by atoms with E-state index < -0.39 is 10.2 Å². The van der Waals surface area contributed by atoms with Gasteiger partial charge in [-0.2, -0.15) is 17.0 Å². The Labute approximate surface area is 112 Å². The molecule has 0 aromatic carbocycles. The molecule has 108 valence electrons. The minimum absolute atomic E-state index is 0.143. The molecule has 0 bridgehead atoms. The van der Waals surface area contributed by atoms with Crippen molar-refractivity contribution in [2.45, 2.75) is 45.1 Å². The molecule has 0 spiro atoms. The first-order valence-corrected chi connectivity index (χ1v) is 8.20. The Hall–Kier alpha value is -0.170. The van der Waals surface area contributed by atoms with Gasteiger partial charge in [-0.25, -0.2) is 0 Å². The van der Waals surface area contributed by atoms with Gasteiger partial charge in [-0.3, -0.25) is 0 Å². The van der Waals surface area contributed by atoms with Crippen LogP contribution < -0.4 is 5.73 Å². The van der Waals surface area contributed by atoms with Crippen LogP contribution in [0, 0.1) is 5.92 Å². The van der Waals surface area contributed by atoms with Crippen LogP contribution in [0.4, 0.5) is 0 Å². The lowest BCUT2D eigenvalue weighted by atomic mass is 9.86. The molecule has 0 aliphatic heterocycles. The monoisotopic (exact) mass is 277 g/mol. The van der Waals surface area contributed by atoms with Gasteiger partial charge in [-0.05, 0) is 31.7 Å². The second-order valence-electron chi connectivity index (χ2n) is 5.32. The Morgan fingerprint density at radius 1 is 1.22 bits per heavy atom. The lowest BCUT2D eigenvalue weighted by Crippen LogP contribution is -2.48. The van der Waals surface area contributed by atoms with E-state index in [-0.39, 0.29) is 6.04 Å². The first-order chi connectivity index (χ1) is 8.41. The van der Waals surface area contributed by atoms with Gasteiger partial charge in [0.2, 0.25) is 0 Å². The van der Waals surface area contributed by atoms with Gasteiger partial charge in [-0.1, -0.05) is 19.8 Å². The third kappa shape index (κ3) is 3.66. The Morgan fingerprint density at radius 2 is 1.83 bits per heavy atom. The molecule has 2 N–H and O–H groups in total. The quantitative estimate of drug-likeness (QED) is 0.788. The van der Waals surface area contributed by atoms with E-state index in [4.69, 9.17) is 5.73 Å². The van der Waals surface area contributed by atoms with Crippen LogP contribution in [0.5, 0.6) is 0 Å². The lowest BCUT2D eigenvalue weighted by Gasteiger charge is -2.37. The summed E-state index contributed by atoms with van der Waals surface area (Å²) in [6.07, 6.45) is 5.14.